The summed E-state index contributed by atoms with van der Waals surface area (Å²) in [5.74, 6) is -0.479. The van der Waals surface area contributed by atoms with Crippen LogP contribution in [0.25, 0.3) is 0 Å². The number of aromatic amines is 1. The largest absolute Gasteiger partial charge is 0.465 e. The van der Waals surface area contributed by atoms with Crippen LogP contribution in [0.3, 0.4) is 0 Å². The molecular weight excluding hydrogens is 244 g/mol. The molecule has 100 valence electrons. The van der Waals surface area contributed by atoms with Gasteiger partial charge in [-0.1, -0.05) is 0 Å². The number of nitrogens with one attached hydrogen (secondary N) is 2. The van der Waals surface area contributed by atoms with E-state index in [1.807, 2.05) is 0 Å². The summed E-state index contributed by atoms with van der Waals surface area (Å²) in [5.41, 5.74) is 3.08. The minimum atomic E-state index is -0.392. The van der Waals surface area contributed by atoms with Crippen LogP contribution < -0.4 is 5.32 Å². The van der Waals surface area contributed by atoms with E-state index in [-0.39, 0.29) is 11.2 Å². The van der Waals surface area contributed by atoms with E-state index < -0.39 is 5.97 Å². The summed E-state index contributed by atoms with van der Waals surface area (Å²) in [4.78, 5) is 27.2. The highest BCUT2D eigenvalue weighted by Gasteiger charge is 2.46. The van der Waals surface area contributed by atoms with Gasteiger partial charge in [-0.25, -0.2) is 4.79 Å². The van der Waals surface area contributed by atoms with Gasteiger partial charge < -0.3 is 15.0 Å². The van der Waals surface area contributed by atoms with E-state index in [9.17, 15) is 9.59 Å². The van der Waals surface area contributed by atoms with Crippen LogP contribution in [0.4, 0.5) is 0 Å². The lowest BCUT2D eigenvalue weighted by Crippen LogP contribution is -2.31. The van der Waals surface area contributed by atoms with Gasteiger partial charge in [0, 0.05) is 35.0 Å². The maximum Gasteiger partial charge on any atom is 0.340 e. The number of carbonyl (C=O) groups is 2. The highest BCUT2D eigenvalue weighted by Crippen LogP contribution is 2.45. The number of aryl methyl sites for hydroxylation is 1. The quantitative estimate of drug-likeness (QED) is 0.750. The Bertz CT molecular complexity index is 627. The average Bonchev–Trinajstić information content (AvgIpc) is 2.91. The second kappa shape index (κ2) is 3.73. The molecule has 1 saturated heterocycles. The van der Waals surface area contributed by atoms with Crippen LogP contribution in [0, 0.1) is 6.92 Å². The summed E-state index contributed by atoms with van der Waals surface area (Å²) in [7, 11) is 1.36. The van der Waals surface area contributed by atoms with Gasteiger partial charge in [0.1, 0.15) is 0 Å². The molecule has 5 nitrogen and oxygen atoms in total. The fraction of sp³-hybridized carbons (Fsp3) is 0.429. The van der Waals surface area contributed by atoms with Crippen molar-refractivity contribution in [3.8, 4) is 0 Å². The van der Waals surface area contributed by atoms with Gasteiger partial charge in [0.25, 0.3) is 0 Å². The van der Waals surface area contributed by atoms with Crippen LogP contribution in [-0.4, -0.2) is 30.4 Å². The summed E-state index contributed by atoms with van der Waals surface area (Å²) in [5, 5.41) is 3.24. The Morgan fingerprint density at radius 2 is 2.21 bits per heavy atom. The summed E-state index contributed by atoms with van der Waals surface area (Å²) >= 11 is 0. The highest BCUT2D eigenvalue weighted by atomic mass is 16.5. The number of ether oxygens (including phenoxy) is 1. The molecule has 2 heterocycles. The molecule has 3 rings (SSSR count). The third-order valence-corrected chi connectivity index (χ3v) is 4.19. The smallest absolute Gasteiger partial charge is 0.340 e. The first kappa shape index (κ1) is 12.0. The molecule has 2 aliphatic rings. The van der Waals surface area contributed by atoms with E-state index in [2.05, 4.69) is 17.2 Å². The predicted octanol–water partition coefficient (Wildman–Crippen LogP) is 1.44. The summed E-state index contributed by atoms with van der Waals surface area (Å²) in [6.45, 7) is 4.66. The van der Waals surface area contributed by atoms with Crippen molar-refractivity contribution >= 4 is 11.8 Å². The summed E-state index contributed by atoms with van der Waals surface area (Å²) in [6, 6.07) is 0. The molecule has 19 heavy (non-hydrogen) atoms. The number of carbonyl (C=O) groups excluding carboxylic acids is 2. The van der Waals surface area contributed by atoms with E-state index in [1.165, 1.54) is 7.11 Å². The minimum absolute atomic E-state index is 0.0878. The van der Waals surface area contributed by atoms with Crippen molar-refractivity contribution in [3.05, 3.63) is 34.3 Å². The SMILES string of the molecule is COC(=O)c1c(C)[nH]c2c1[C@]1(C)CCNC1=CC2=O. The van der Waals surface area contributed by atoms with E-state index in [1.54, 1.807) is 13.0 Å². The molecule has 1 aliphatic heterocycles. The molecular formula is C14H16N2O3. The lowest BCUT2D eigenvalue weighted by Gasteiger charge is -2.29. The number of allylic oxidation sites excluding steroid dienone is 2. The number of H-pyrrole nitrogens is 1. The lowest BCUT2D eigenvalue weighted by atomic mass is 9.73. The van der Waals surface area contributed by atoms with E-state index in [0.29, 0.717) is 17.0 Å². The first-order valence-electron chi connectivity index (χ1n) is 6.31. The maximum absolute atomic E-state index is 12.1. The van der Waals surface area contributed by atoms with Crippen LogP contribution in [0.5, 0.6) is 0 Å². The van der Waals surface area contributed by atoms with Crippen LogP contribution in [0.1, 0.15) is 45.4 Å². The zero-order valence-electron chi connectivity index (χ0n) is 11.2. The summed E-state index contributed by atoms with van der Waals surface area (Å²) in [6.07, 6.45) is 2.49. The summed E-state index contributed by atoms with van der Waals surface area (Å²) < 4.78 is 4.86. The molecule has 0 unspecified atom stereocenters. The standard InChI is InChI=1S/C14H16N2O3/c1-7-10(13(18)19-3)11-12(16-7)8(17)6-9-14(11,2)4-5-15-9/h6,15-16H,4-5H2,1-3H3/t14-/m1/s1. The van der Waals surface area contributed by atoms with Crippen molar-refractivity contribution in [1.29, 1.82) is 0 Å². The van der Waals surface area contributed by atoms with Crippen LogP contribution in [0.2, 0.25) is 0 Å². The molecule has 0 amide bonds. The topological polar surface area (TPSA) is 71.2 Å². The Morgan fingerprint density at radius 3 is 2.89 bits per heavy atom. The second-order valence-electron chi connectivity index (χ2n) is 5.30. The highest BCUT2D eigenvalue weighted by molar-refractivity contribution is 6.10. The fourth-order valence-electron chi connectivity index (χ4n) is 3.17. The van der Waals surface area contributed by atoms with E-state index >= 15 is 0 Å². The fourth-order valence-corrected chi connectivity index (χ4v) is 3.17. The molecule has 0 spiro atoms. The van der Waals surface area contributed by atoms with Gasteiger partial charge in [0.05, 0.1) is 18.4 Å². The van der Waals surface area contributed by atoms with Gasteiger partial charge in [-0.15, -0.1) is 0 Å². The predicted molar refractivity (Wildman–Crippen MR) is 69.3 cm³/mol. The Hall–Kier alpha value is -2.04. The van der Waals surface area contributed by atoms with E-state index in [4.69, 9.17) is 4.74 Å². The van der Waals surface area contributed by atoms with Gasteiger partial charge >= 0.3 is 5.97 Å². The average molecular weight is 260 g/mol. The number of hydrogen-bond acceptors (Lipinski definition) is 4. The minimum Gasteiger partial charge on any atom is -0.465 e. The van der Waals surface area contributed by atoms with Crippen LogP contribution in [-0.2, 0) is 10.2 Å². The molecule has 0 radical (unpaired) electrons. The van der Waals surface area contributed by atoms with Crippen LogP contribution in [0.15, 0.2) is 11.8 Å². The Kier molecular flexibility index (Phi) is 2.36. The van der Waals surface area contributed by atoms with Gasteiger partial charge in [-0.05, 0) is 20.3 Å². The first-order chi connectivity index (χ1) is 8.99. The number of esters is 1. The van der Waals surface area contributed by atoms with Gasteiger partial charge in [-0.3, -0.25) is 4.79 Å². The molecule has 1 aromatic heterocycles. The monoisotopic (exact) mass is 260 g/mol. The lowest BCUT2D eigenvalue weighted by molar-refractivity contribution is 0.0597. The normalized spacial score (nSPS) is 24.4. The Balaban J connectivity index is 2.30. The van der Waals surface area contributed by atoms with Crippen molar-refractivity contribution in [2.75, 3.05) is 13.7 Å². The van der Waals surface area contributed by atoms with Crippen molar-refractivity contribution in [2.24, 2.45) is 0 Å². The van der Waals surface area contributed by atoms with Crippen molar-refractivity contribution < 1.29 is 14.3 Å². The number of aromatic nitrogens is 1. The number of fused-ring (bicyclic) bond motifs is 3. The van der Waals surface area contributed by atoms with Crippen LogP contribution >= 0.6 is 0 Å². The molecule has 0 bridgehead atoms. The molecule has 5 heteroatoms. The molecule has 0 saturated carbocycles. The zero-order chi connectivity index (χ0) is 13.8. The number of ketones is 1. The second-order valence-corrected chi connectivity index (χ2v) is 5.30. The maximum atomic E-state index is 12.1. The van der Waals surface area contributed by atoms with E-state index in [0.717, 1.165) is 24.2 Å². The van der Waals surface area contributed by atoms with Crippen molar-refractivity contribution in [1.82, 2.24) is 10.3 Å². The molecule has 1 fully saturated rings. The number of rotatable bonds is 1. The molecule has 1 aromatic rings. The third kappa shape index (κ3) is 1.41. The third-order valence-electron chi connectivity index (χ3n) is 4.19. The van der Waals surface area contributed by atoms with Gasteiger partial charge in [-0.2, -0.15) is 0 Å². The first-order valence-corrected chi connectivity index (χ1v) is 6.31. The zero-order valence-corrected chi connectivity index (χ0v) is 11.2. The number of hydrogen-bond donors (Lipinski definition) is 2. The van der Waals surface area contributed by atoms with Crippen molar-refractivity contribution in [3.63, 3.8) is 0 Å². The molecule has 2 N–H and O–H groups in total. The van der Waals surface area contributed by atoms with Crippen molar-refractivity contribution in [2.45, 2.75) is 25.7 Å². The van der Waals surface area contributed by atoms with Gasteiger partial charge in [0.15, 0.2) is 0 Å². The number of methoxy groups -OCH3 is 1. The Labute approximate surface area is 111 Å². The molecule has 1 aliphatic carbocycles. The van der Waals surface area contributed by atoms with Gasteiger partial charge in [0.2, 0.25) is 5.78 Å². The Morgan fingerprint density at radius 1 is 1.47 bits per heavy atom. The molecule has 1 atom stereocenters. The molecule has 0 aromatic carbocycles.